The van der Waals surface area contributed by atoms with Crippen molar-refractivity contribution >= 4 is 35.0 Å². The lowest BCUT2D eigenvalue weighted by molar-refractivity contribution is -0.132. The van der Waals surface area contributed by atoms with Crippen LogP contribution in [0.3, 0.4) is 0 Å². The summed E-state index contributed by atoms with van der Waals surface area (Å²) in [5.74, 6) is -3.86. The van der Waals surface area contributed by atoms with Gasteiger partial charge in [0.25, 0.3) is 0 Å². The van der Waals surface area contributed by atoms with Crippen LogP contribution in [0.15, 0.2) is 23.8 Å². The number of carbonyl (C=O) groups is 4. The number of rotatable bonds is 4. The van der Waals surface area contributed by atoms with Crippen molar-refractivity contribution < 1.29 is 38.9 Å². The minimum absolute atomic E-state index is 0.0688. The zero-order chi connectivity index (χ0) is 25.8. The van der Waals surface area contributed by atoms with Gasteiger partial charge in [0.15, 0.2) is 11.6 Å². The Morgan fingerprint density at radius 3 is 2.14 bits per heavy atom. The number of carbonyl (C=O) groups excluding carboxylic acids is 4. The van der Waals surface area contributed by atoms with Gasteiger partial charge in [-0.05, 0) is 55.0 Å². The fourth-order valence-corrected chi connectivity index (χ4v) is 4.97. The summed E-state index contributed by atoms with van der Waals surface area (Å²) in [5.41, 5.74) is 1.82. The van der Waals surface area contributed by atoms with Crippen molar-refractivity contribution in [3.63, 3.8) is 0 Å². The highest BCUT2D eigenvalue weighted by molar-refractivity contribution is 6.19. The van der Waals surface area contributed by atoms with Gasteiger partial charge >= 0.3 is 11.9 Å². The fraction of sp³-hybridized carbons (Fsp3) is 0.308. The molecule has 4 rings (SSSR count). The van der Waals surface area contributed by atoms with Crippen LogP contribution in [0.25, 0.3) is 5.76 Å². The first-order valence-electron chi connectivity index (χ1n) is 11.0. The maximum atomic E-state index is 13.6. The van der Waals surface area contributed by atoms with E-state index in [0.717, 1.165) is 5.69 Å². The second kappa shape index (κ2) is 8.57. The first kappa shape index (κ1) is 24.0. The third-order valence-corrected chi connectivity index (χ3v) is 6.23. The summed E-state index contributed by atoms with van der Waals surface area (Å²) in [4.78, 5) is 51.0. The standard InChI is InChI=1S/C26H25NO8/c1-11(28)20-19(35-13(3)30)10-15-8-14-9-16-17(27(4)5)6-7-18(34-12(2)29)23(16)26(33)21(14)25(32)22(15)24(20)31/h6-7,10,14,31,33H,8-9H2,1-5H3. The van der Waals surface area contributed by atoms with E-state index in [-0.39, 0.29) is 45.9 Å². The highest BCUT2D eigenvalue weighted by Gasteiger charge is 2.42. The van der Waals surface area contributed by atoms with E-state index in [1.165, 1.54) is 26.8 Å². The number of anilines is 1. The Bertz CT molecular complexity index is 1350. The molecule has 0 bridgehead atoms. The van der Waals surface area contributed by atoms with E-state index in [1.54, 1.807) is 12.1 Å². The van der Waals surface area contributed by atoms with E-state index in [1.807, 2.05) is 19.0 Å². The highest BCUT2D eigenvalue weighted by atomic mass is 16.5. The van der Waals surface area contributed by atoms with Gasteiger partial charge in [-0.25, -0.2) is 0 Å². The molecule has 2 aliphatic carbocycles. The number of allylic oxidation sites excluding steroid dienone is 1. The van der Waals surface area contributed by atoms with Crippen LogP contribution in [-0.2, 0) is 22.4 Å². The van der Waals surface area contributed by atoms with Crippen molar-refractivity contribution in [3.8, 4) is 17.2 Å². The predicted octanol–water partition coefficient (Wildman–Crippen LogP) is 3.39. The fourth-order valence-electron chi connectivity index (χ4n) is 4.97. The lowest BCUT2D eigenvalue weighted by Crippen LogP contribution is -2.31. The molecule has 0 saturated carbocycles. The van der Waals surface area contributed by atoms with Crippen LogP contribution < -0.4 is 14.4 Å². The second-order valence-corrected chi connectivity index (χ2v) is 8.90. The Hall–Kier alpha value is -4.14. The number of nitrogens with zero attached hydrogens (tertiary/aromatic N) is 1. The Morgan fingerprint density at radius 2 is 1.57 bits per heavy atom. The van der Waals surface area contributed by atoms with Gasteiger partial charge in [0.1, 0.15) is 28.6 Å². The number of aliphatic hydroxyl groups excluding tert-OH is 1. The van der Waals surface area contributed by atoms with Crippen molar-refractivity contribution in [1.29, 1.82) is 0 Å². The molecule has 0 heterocycles. The summed E-state index contributed by atoms with van der Waals surface area (Å²) in [6.45, 7) is 3.60. The number of esters is 2. The quantitative estimate of drug-likeness (QED) is 0.385. The monoisotopic (exact) mass is 479 g/mol. The average molecular weight is 479 g/mol. The molecular weight excluding hydrogens is 454 g/mol. The third kappa shape index (κ3) is 3.92. The predicted molar refractivity (Wildman–Crippen MR) is 126 cm³/mol. The van der Waals surface area contributed by atoms with Crippen LogP contribution in [0.1, 0.15) is 58.2 Å². The molecule has 0 saturated heterocycles. The number of phenolic OH excluding ortho intramolecular Hbond substituents is 1. The van der Waals surface area contributed by atoms with Crippen LogP contribution in [0.4, 0.5) is 5.69 Å². The molecule has 9 nitrogen and oxygen atoms in total. The summed E-state index contributed by atoms with van der Waals surface area (Å²) in [6.07, 6.45) is 0.589. The Kier molecular flexibility index (Phi) is 5.88. The average Bonchev–Trinajstić information content (AvgIpc) is 2.71. The molecule has 0 aliphatic heterocycles. The molecule has 0 spiro atoms. The normalized spacial score (nSPS) is 16.1. The van der Waals surface area contributed by atoms with Gasteiger partial charge in [-0.1, -0.05) is 0 Å². The molecular formula is C26H25NO8. The van der Waals surface area contributed by atoms with E-state index >= 15 is 0 Å². The number of aromatic hydroxyl groups is 1. The Balaban J connectivity index is 1.97. The Morgan fingerprint density at radius 1 is 0.943 bits per heavy atom. The first-order valence-corrected chi connectivity index (χ1v) is 11.0. The molecule has 0 radical (unpaired) electrons. The number of hydrogen-bond acceptors (Lipinski definition) is 9. The van der Waals surface area contributed by atoms with Crippen molar-refractivity contribution in [1.82, 2.24) is 0 Å². The summed E-state index contributed by atoms with van der Waals surface area (Å²) >= 11 is 0. The molecule has 2 aromatic rings. The molecule has 2 aliphatic rings. The van der Waals surface area contributed by atoms with E-state index in [2.05, 4.69) is 0 Å². The maximum absolute atomic E-state index is 13.6. The zero-order valence-electron chi connectivity index (χ0n) is 20.0. The lowest BCUT2D eigenvalue weighted by atomic mass is 9.70. The van der Waals surface area contributed by atoms with Gasteiger partial charge in [-0.2, -0.15) is 0 Å². The molecule has 1 unspecified atom stereocenters. The third-order valence-electron chi connectivity index (χ3n) is 6.23. The highest BCUT2D eigenvalue weighted by Crippen LogP contribution is 2.49. The van der Waals surface area contributed by atoms with Crippen molar-refractivity contribution in [2.75, 3.05) is 19.0 Å². The molecule has 9 heteroatoms. The van der Waals surface area contributed by atoms with Crippen LogP contribution in [-0.4, -0.2) is 47.8 Å². The van der Waals surface area contributed by atoms with Crippen LogP contribution >= 0.6 is 0 Å². The zero-order valence-corrected chi connectivity index (χ0v) is 20.0. The summed E-state index contributed by atoms with van der Waals surface area (Å²) < 4.78 is 10.5. The van der Waals surface area contributed by atoms with Crippen molar-refractivity contribution in [3.05, 3.63) is 51.6 Å². The van der Waals surface area contributed by atoms with E-state index < -0.39 is 35.2 Å². The molecule has 1 atom stereocenters. The second-order valence-electron chi connectivity index (χ2n) is 8.90. The topological polar surface area (TPSA) is 130 Å². The number of aliphatic hydroxyl groups is 1. The number of benzene rings is 2. The number of ketones is 2. The summed E-state index contributed by atoms with van der Waals surface area (Å²) in [6, 6.07) is 4.76. The smallest absolute Gasteiger partial charge is 0.308 e. The van der Waals surface area contributed by atoms with Gasteiger partial charge in [0.2, 0.25) is 0 Å². The van der Waals surface area contributed by atoms with Gasteiger partial charge in [0, 0.05) is 39.2 Å². The van der Waals surface area contributed by atoms with Gasteiger partial charge in [-0.3, -0.25) is 19.2 Å². The number of fused-ring (bicyclic) bond motifs is 3. The molecule has 0 amide bonds. The van der Waals surface area contributed by atoms with E-state index in [9.17, 15) is 29.4 Å². The number of phenols is 1. The van der Waals surface area contributed by atoms with E-state index in [4.69, 9.17) is 9.47 Å². The lowest BCUT2D eigenvalue weighted by Gasteiger charge is -2.35. The van der Waals surface area contributed by atoms with Gasteiger partial charge < -0.3 is 24.6 Å². The molecule has 182 valence electrons. The van der Waals surface area contributed by atoms with Crippen LogP contribution in [0.5, 0.6) is 17.2 Å². The molecule has 2 aromatic carbocycles. The van der Waals surface area contributed by atoms with Crippen molar-refractivity contribution in [2.24, 2.45) is 5.92 Å². The Labute approximate surface area is 201 Å². The molecule has 0 fully saturated rings. The maximum Gasteiger partial charge on any atom is 0.308 e. The molecule has 2 N–H and O–H groups in total. The minimum atomic E-state index is -0.674. The minimum Gasteiger partial charge on any atom is -0.507 e. The SMILES string of the molecule is CC(=O)Oc1cc2c(c(O)c1C(C)=O)C(=O)C1=C(O)c3c(OC(C)=O)ccc(N(C)C)c3CC1C2. The van der Waals surface area contributed by atoms with Crippen LogP contribution in [0, 0.1) is 5.92 Å². The van der Waals surface area contributed by atoms with Crippen LogP contribution in [0.2, 0.25) is 0 Å². The van der Waals surface area contributed by atoms with Crippen molar-refractivity contribution in [2.45, 2.75) is 33.6 Å². The summed E-state index contributed by atoms with van der Waals surface area (Å²) in [7, 11) is 3.68. The molecule has 0 aromatic heterocycles. The number of Topliss-reactive ketones (excluding diaryl/α,β-unsaturated/α-hetero) is 2. The van der Waals surface area contributed by atoms with Gasteiger partial charge in [0.05, 0.1) is 11.1 Å². The largest absolute Gasteiger partial charge is 0.507 e. The van der Waals surface area contributed by atoms with E-state index in [0.29, 0.717) is 17.5 Å². The van der Waals surface area contributed by atoms with Gasteiger partial charge in [-0.15, -0.1) is 0 Å². The molecule has 35 heavy (non-hydrogen) atoms. The summed E-state index contributed by atoms with van der Waals surface area (Å²) in [5, 5.41) is 22.2. The first-order chi connectivity index (χ1) is 16.4. The number of hydrogen-bond donors (Lipinski definition) is 2. The number of ether oxygens (including phenoxy) is 2.